The van der Waals surface area contributed by atoms with Gasteiger partial charge in [0.25, 0.3) is 11.8 Å². The molecule has 1 aromatic heterocycles. The van der Waals surface area contributed by atoms with Crippen molar-refractivity contribution in [2.24, 2.45) is 5.92 Å². The lowest BCUT2D eigenvalue weighted by molar-refractivity contribution is -0.126. The number of nitrogens with zero attached hydrogens (tertiary/aromatic N) is 3. The van der Waals surface area contributed by atoms with Gasteiger partial charge < -0.3 is 20.3 Å². The van der Waals surface area contributed by atoms with Gasteiger partial charge in [-0.2, -0.15) is 0 Å². The quantitative estimate of drug-likeness (QED) is 0.602. The summed E-state index contributed by atoms with van der Waals surface area (Å²) in [5.41, 5.74) is 1.74. The van der Waals surface area contributed by atoms with Crippen molar-refractivity contribution in [2.45, 2.75) is 26.2 Å². The minimum absolute atomic E-state index is 0.0518. The van der Waals surface area contributed by atoms with Crippen molar-refractivity contribution < 1.29 is 19.1 Å². The van der Waals surface area contributed by atoms with E-state index in [4.69, 9.17) is 4.74 Å². The van der Waals surface area contributed by atoms with Gasteiger partial charge in [-0.3, -0.25) is 14.4 Å². The van der Waals surface area contributed by atoms with Gasteiger partial charge in [-0.15, -0.1) is 10.2 Å². The summed E-state index contributed by atoms with van der Waals surface area (Å²) in [6.07, 6.45) is 2.22. The first-order valence-corrected chi connectivity index (χ1v) is 11.1. The Balaban J connectivity index is 1.56. The number of anilines is 1. The molecule has 31 heavy (non-hydrogen) atoms. The van der Waals surface area contributed by atoms with E-state index in [9.17, 15) is 14.4 Å². The molecule has 2 heterocycles. The van der Waals surface area contributed by atoms with Crippen LogP contribution in [0.1, 0.15) is 44.4 Å². The SMILES string of the molecule is COCCCNC(=O)[C@H]1CCCN(C(=O)c2nnc(C(=O)Nc3ccc(C)cc3)s2)C1. The van der Waals surface area contributed by atoms with Gasteiger partial charge in [0.05, 0.1) is 5.92 Å². The van der Waals surface area contributed by atoms with Crippen LogP contribution < -0.4 is 10.6 Å². The summed E-state index contributed by atoms with van der Waals surface area (Å²) in [6, 6.07) is 7.39. The van der Waals surface area contributed by atoms with E-state index in [-0.39, 0.29) is 27.7 Å². The average Bonchev–Trinajstić information content (AvgIpc) is 3.28. The molecule has 1 aliphatic rings. The van der Waals surface area contributed by atoms with E-state index in [0.717, 1.165) is 36.2 Å². The number of nitrogens with one attached hydrogen (secondary N) is 2. The van der Waals surface area contributed by atoms with Crippen molar-refractivity contribution in [2.75, 3.05) is 38.7 Å². The number of benzene rings is 1. The number of aryl methyl sites for hydroxylation is 1. The maximum atomic E-state index is 12.9. The second-order valence-electron chi connectivity index (χ2n) is 7.46. The molecule has 1 fully saturated rings. The molecule has 0 radical (unpaired) electrons. The molecule has 1 saturated heterocycles. The molecule has 0 saturated carbocycles. The minimum Gasteiger partial charge on any atom is -0.385 e. The molecular formula is C21H27N5O4S. The Kier molecular flexibility index (Phi) is 8.07. The number of aromatic nitrogens is 2. The Labute approximate surface area is 185 Å². The third-order valence-corrected chi connectivity index (χ3v) is 5.93. The zero-order valence-corrected chi connectivity index (χ0v) is 18.5. The van der Waals surface area contributed by atoms with Crippen LogP contribution in [0.25, 0.3) is 0 Å². The fourth-order valence-corrected chi connectivity index (χ4v) is 4.01. The monoisotopic (exact) mass is 445 g/mol. The molecule has 1 atom stereocenters. The zero-order chi connectivity index (χ0) is 22.2. The first kappa shape index (κ1) is 22.8. The number of ether oxygens (including phenoxy) is 1. The van der Waals surface area contributed by atoms with Gasteiger partial charge in [0.15, 0.2) is 0 Å². The first-order chi connectivity index (χ1) is 15.0. The number of piperidine rings is 1. The van der Waals surface area contributed by atoms with Gasteiger partial charge in [0.1, 0.15) is 0 Å². The third kappa shape index (κ3) is 6.31. The highest BCUT2D eigenvalue weighted by Gasteiger charge is 2.30. The summed E-state index contributed by atoms with van der Waals surface area (Å²) in [4.78, 5) is 39.3. The predicted octanol–water partition coefficient (Wildman–Crippen LogP) is 2.10. The number of amides is 3. The smallest absolute Gasteiger partial charge is 0.286 e. The van der Waals surface area contributed by atoms with Crippen LogP contribution >= 0.6 is 11.3 Å². The fraction of sp³-hybridized carbons (Fsp3) is 0.476. The lowest BCUT2D eigenvalue weighted by Gasteiger charge is -2.31. The number of hydrogen-bond donors (Lipinski definition) is 2. The molecule has 3 rings (SSSR count). The van der Waals surface area contributed by atoms with Crippen LogP contribution in [0.15, 0.2) is 24.3 Å². The number of carbonyl (C=O) groups is 3. The van der Waals surface area contributed by atoms with Crippen molar-refractivity contribution >= 4 is 34.7 Å². The van der Waals surface area contributed by atoms with Crippen LogP contribution in [0.4, 0.5) is 5.69 Å². The second-order valence-corrected chi connectivity index (χ2v) is 8.44. The summed E-state index contributed by atoms with van der Waals surface area (Å²) < 4.78 is 4.98. The highest BCUT2D eigenvalue weighted by atomic mass is 32.1. The standard InChI is InChI=1S/C21H27N5O4S/c1-14-6-8-16(9-7-14)23-18(28)19-24-25-20(31-19)21(29)26-11-3-5-15(13-26)17(27)22-10-4-12-30-2/h6-9,15H,3-5,10-13H2,1-2H3,(H,22,27)(H,23,28)/t15-/m0/s1. The number of methoxy groups -OCH3 is 1. The number of rotatable bonds is 8. The molecule has 1 aromatic carbocycles. The molecule has 0 bridgehead atoms. The summed E-state index contributed by atoms with van der Waals surface area (Å²) in [5.74, 6) is -1.02. The van der Waals surface area contributed by atoms with Crippen LogP contribution in [0.5, 0.6) is 0 Å². The highest BCUT2D eigenvalue weighted by Crippen LogP contribution is 2.21. The molecule has 10 heteroatoms. The molecule has 166 valence electrons. The van der Waals surface area contributed by atoms with Crippen LogP contribution in [-0.2, 0) is 9.53 Å². The molecule has 1 aliphatic heterocycles. The maximum absolute atomic E-state index is 12.9. The van der Waals surface area contributed by atoms with E-state index in [1.807, 2.05) is 19.1 Å². The highest BCUT2D eigenvalue weighted by molar-refractivity contribution is 7.15. The summed E-state index contributed by atoms with van der Waals surface area (Å²) in [5, 5.41) is 13.7. The zero-order valence-electron chi connectivity index (χ0n) is 17.7. The van der Waals surface area contributed by atoms with Crippen molar-refractivity contribution in [3.63, 3.8) is 0 Å². The number of likely N-dealkylation sites (tertiary alicyclic amines) is 1. The van der Waals surface area contributed by atoms with Gasteiger partial charge in [0, 0.05) is 39.0 Å². The molecule has 3 amide bonds. The Morgan fingerprint density at radius 1 is 1.19 bits per heavy atom. The molecule has 9 nitrogen and oxygen atoms in total. The summed E-state index contributed by atoms with van der Waals surface area (Å²) in [6.45, 7) is 3.99. The average molecular weight is 446 g/mol. The first-order valence-electron chi connectivity index (χ1n) is 10.3. The maximum Gasteiger partial charge on any atom is 0.286 e. The molecule has 2 N–H and O–H groups in total. The van der Waals surface area contributed by atoms with Gasteiger partial charge in [-0.25, -0.2) is 0 Å². The molecule has 0 aliphatic carbocycles. The van der Waals surface area contributed by atoms with E-state index < -0.39 is 5.91 Å². The third-order valence-electron chi connectivity index (χ3n) is 5.02. The second kappa shape index (κ2) is 11.0. The predicted molar refractivity (Wildman–Crippen MR) is 117 cm³/mol. The number of hydrogen-bond acceptors (Lipinski definition) is 7. The molecule has 2 aromatic rings. The van der Waals surface area contributed by atoms with Crippen molar-refractivity contribution in [1.82, 2.24) is 20.4 Å². The van der Waals surface area contributed by atoms with Gasteiger partial charge in [-0.1, -0.05) is 29.0 Å². The normalized spacial score (nSPS) is 16.1. The lowest BCUT2D eigenvalue weighted by Crippen LogP contribution is -2.45. The summed E-state index contributed by atoms with van der Waals surface area (Å²) >= 11 is 0.954. The van der Waals surface area contributed by atoms with Crippen LogP contribution in [0.2, 0.25) is 0 Å². The van der Waals surface area contributed by atoms with E-state index >= 15 is 0 Å². The molecule has 0 unspecified atom stereocenters. The van der Waals surface area contributed by atoms with Gasteiger partial charge in [0.2, 0.25) is 15.9 Å². The minimum atomic E-state index is -0.410. The van der Waals surface area contributed by atoms with E-state index in [2.05, 4.69) is 20.8 Å². The van der Waals surface area contributed by atoms with Crippen molar-refractivity contribution in [1.29, 1.82) is 0 Å². The molecular weight excluding hydrogens is 418 g/mol. The Hall–Kier alpha value is -2.85. The van der Waals surface area contributed by atoms with E-state index in [1.165, 1.54) is 0 Å². The van der Waals surface area contributed by atoms with Crippen molar-refractivity contribution in [3.05, 3.63) is 39.8 Å². The Bertz CT molecular complexity index is 915. The number of carbonyl (C=O) groups excluding carboxylic acids is 3. The largest absolute Gasteiger partial charge is 0.385 e. The Morgan fingerprint density at radius 3 is 2.68 bits per heavy atom. The Morgan fingerprint density at radius 2 is 1.94 bits per heavy atom. The van der Waals surface area contributed by atoms with E-state index in [0.29, 0.717) is 31.9 Å². The fourth-order valence-electron chi connectivity index (χ4n) is 3.31. The summed E-state index contributed by atoms with van der Waals surface area (Å²) in [7, 11) is 1.62. The van der Waals surface area contributed by atoms with Gasteiger partial charge in [-0.05, 0) is 38.3 Å². The van der Waals surface area contributed by atoms with E-state index in [1.54, 1.807) is 24.1 Å². The van der Waals surface area contributed by atoms with Crippen LogP contribution in [0.3, 0.4) is 0 Å². The van der Waals surface area contributed by atoms with Crippen LogP contribution in [0, 0.1) is 12.8 Å². The topological polar surface area (TPSA) is 114 Å². The van der Waals surface area contributed by atoms with Crippen LogP contribution in [-0.4, -0.2) is 66.2 Å². The molecule has 0 spiro atoms. The van der Waals surface area contributed by atoms with Crippen molar-refractivity contribution in [3.8, 4) is 0 Å². The lowest BCUT2D eigenvalue weighted by atomic mass is 9.97. The van der Waals surface area contributed by atoms with Gasteiger partial charge >= 0.3 is 0 Å².